The van der Waals surface area contributed by atoms with Crippen molar-refractivity contribution in [1.29, 1.82) is 5.26 Å². The van der Waals surface area contributed by atoms with Gasteiger partial charge in [0.2, 0.25) is 0 Å². The average molecular weight is 545 g/mol. The van der Waals surface area contributed by atoms with Crippen LogP contribution in [0.15, 0.2) is 12.1 Å². The van der Waals surface area contributed by atoms with Gasteiger partial charge in [-0.3, -0.25) is 4.90 Å². The van der Waals surface area contributed by atoms with Gasteiger partial charge < -0.3 is 10.6 Å². The molecule has 2 aromatic rings. The quantitative estimate of drug-likeness (QED) is 0.417. The number of fused-ring (bicyclic) bond motifs is 2. The fourth-order valence-electron chi connectivity index (χ4n) is 8.31. The van der Waals surface area contributed by atoms with E-state index in [9.17, 15) is 9.65 Å². The second kappa shape index (κ2) is 10.9. The van der Waals surface area contributed by atoms with Crippen molar-refractivity contribution in [1.82, 2.24) is 14.9 Å². The number of alkyl halides is 1. The highest BCUT2D eigenvalue weighted by molar-refractivity contribution is 5.63. The molecule has 0 saturated carbocycles. The minimum atomic E-state index is -0.709. The summed E-state index contributed by atoms with van der Waals surface area (Å²) >= 11 is 0. The average Bonchev–Trinajstić information content (AvgIpc) is 3.63. The number of aryl methyl sites for hydroxylation is 1. The van der Waals surface area contributed by atoms with Crippen LogP contribution in [-0.2, 0) is 19.3 Å². The van der Waals surface area contributed by atoms with Crippen molar-refractivity contribution in [2.75, 3.05) is 30.3 Å². The summed E-state index contributed by atoms with van der Waals surface area (Å²) in [6, 6.07) is 6.98. The molecule has 3 saturated heterocycles. The Balaban J connectivity index is 1.36. The van der Waals surface area contributed by atoms with E-state index in [0.29, 0.717) is 36.2 Å². The molecule has 214 valence electrons. The first-order valence-electron chi connectivity index (χ1n) is 15.7. The van der Waals surface area contributed by atoms with Crippen LogP contribution in [0.25, 0.3) is 0 Å². The van der Waals surface area contributed by atoms with Crippen molar-refractivity contribution < 1.29 is 4.39 Å². The molecule has 6 rings (SSSR count). The minimum Gasteiger partial charge on any atom is -0.398 e. The molecule has 0 radical (unpaired) electrons. The maximum atomic E-state index is 14.5. The van der Waals surface area contributed by atoms with Gasteiger partial charge in [-0.1, -0.05) is 19.9 Å². The second-order valence-corrected chi connectivity index (χ2v) is 13.0. The number of hydrogen-bond donors (Lipinski definition) is 1. The monoisotopic (exact) mass is 544 g/mol. The molecule has 0 spiro atoms. The van der Waals surface area contributed by atoms with E-state index in [2.05, 4.69) is 42.7 Å². The molecule has 3 fully saturated rings. The molecular weight excluding hydrogens is 499 g/mol. The lowest BCUT2D eigenvalue weighted by molar-refractivity contribution is 0.181. The first kappa shape index (κ1) is 27.4. The smallest absolute Gasteiger partial charge is 0.136 e. The summed E-state index contributed by atoms with van der Waals surface area (Å²) in [6.07, 6.45) is 10.0. The molecule has 3 unspecified atom stereocenters. The molecule has 40 heavy (non-hydrogen) atoms. The topological polar surface area (TPSA) is 82.1 Å². The summed E-state index contributed by atoms with van der Waals surface area (Å²) in [5.41, 5.74) is 12.4. The first-order valence-corrected chi connectivity index (χ1v) is 15.7. The highest BCUT2D eigenvalue weighted by Crippen LogP contribution is 2.45. The molecule has 6 nitrogen and oxygen atoms in total. The predicted molar refractivity (Wildman–Crippen MR) is 158 cm³/mol. The van der Waals surface area contributed by atoms with Gasteiger partial charge in [0.25, 0.3) is 0 Å². The summed E-state index contributed by atoms with van der Waals surface area (Å²) in [5.74, 6) is 2.62. The van der Waals surface area contributed by atoms with E-state index in [1.165, 1.54) is 24.0 Å². The van der Waals surface area contributed by atoms with E-state index in [-0.39, 0.29) is 11.5 Å². The number of nitriles is 1. The molecule has 5 atom stereocenters. The van der Waals surface area contributed by atoms with Gasteiger partial charge in [-0.05, 0) is 107 Å². The van der Waals surface area contributed by atoms with Gasteiger partial charge in [-0.15, -0.1) is 0 Å². The summed E-state index contributed by atoms with van der Waals surface area (Å²) in [7, 11) is 0. The molecule has 0 bridgehead atoms. The fraction of sp³-hybridized carbons (Fsp3) is 0.667. The Bertz CT molecular complexity index is 1300. The summed E-state index contributed by atoms with van der Waals surface area (Å²) in [4.78, 5) is 15.4. The SMILES string of the molecule is CC[C@H](C)c1ccc(N)c(C#N)c1C1CCc2c(nc(CC[C@@]34CCCN3CC(F)C4)nc2N2CCCC2C)C1. The molecule has 4 aliphatic rings. The number of halogens is 1. The Kier molecular flexibility index (Phi) is 7.50. The highest BCUT2D eigenvalue weighted by Gasteiger charge is 2.48. The lowest BCUT2D eigenvalue weighted by Crippen LogP contribution is -2.38. The Morgan fingerprint density at radius 3 is 2.83 bits per heavy atom. The third-order valence-corrected chi connectivity index (χ3v) is 10.7. The van der Waals surface area contributed by atoms with Crippen molar-refractivity contribution in [3.63, 3.8) is 0 Å². The molecule has 3 aliphatic heterocycles. The zero-order chi connectivity index (χ0) is 28.0. The first-order chi connectivity index (χ1) is 19.3. The van der Waals surface area contributed by atoms with E-state index < -0.39 is 6.17 Å². The van der Waals surface area contributed by atoms with Crippen molar-refractivity contribution in [2.24, 2.45) is 0 Å². The number of hydrogen-bond acceptors (Lipinski definition) is 6. The van der Waals surface area contributed by atoms with Crippen molar-refractivity contribution in [3.8, 4) is 6.07 Å². The number of rotatable bonds is 7. The predicted octanol–water partition coefficient (Wildman–Crippen LogP) is 6.21. The molecule has 1 aromatic heterocycles. The van der Waals surface area contributed by atoms with Gasteiger partial charge >= 0.3 is 0 Å². The number of nitrogens with two attached hydrogens (primary N) is 1. The zero-order valence-electron chi connectivity index (χ0n) is 24.6. The van der Waals surface area contributed by atoms with Gasteiger partial charge in [0, 0.05) is 42.3 Å². The number of nitrogen functional groups attached to an aromatic ring is 1. The Morgan fingerprint density at radius 2 is 2.08 bits per heavy atom. The van der Waals surface area contributed by atoms with Gasteiger partial charge in [-0.25, -0.2) is 14.4 Å². The van der Waals surface area contributed by atoms with E-state index in [4.69, 9.17) is 15.7 Å². The van der Waals surface area contributed by atoms with Gasteiger partial charge in [-0.2, -0.15) is 5.26 Å². The van der Waals surface area contributed by atoms with E-state index in [0.717, 1.165) is 87.4 Å². The number of anilines is 2. The normalized spacial score (nSPS) is 28.9. The van der Waals surface area contributed by atoms with Gasteiger partial charge in [0.15, 0.2) is 0 Å². The maximum absolute atomic E-state index is 14.5. The number of benzene rings is 1. The molecule has 7 heteroatoms. The van der Waals surface area contributed by atoms with Crippen LogP contribution in [0.2, 0.25) is 0 Å². The maximum Gasteiger partial charge on any atom is 0.136 e. The molecule has 0 amide bonds. The lowest BCUT2D eigenvalue weighted by Gasteiger charge is -2.34. The summed E-state index contributed by atoms with van der Waals surface area (Å²) in [6.45, 7) is 9.41. The van der Waals surface area contributed by atoms with Crippen LogP contribution >= 0.6 is 0 Å². The van der Waals surface area contributed by atoms with Crippen LogP contribution < -0.4 is 10.6 Å². The molecule has 1 aliphatic carbocycles. The standard InChI is InChI=1S/C33H45FN6/c1-4-21(2)25-10-11-28(36)27(19-35)31(25)23-8-9-26-29(17-23)37-30(38-32(26)40-16-5-7-22(40)3)12-14-33-13-6-15-39(33)20-24(34)18-33/h10-11,21-24H,4-9,12-18,20,36H2,1-3H3/t21-,22?,23?,24?,33+/m0/s1. The van der Waals surface area contributed by atoms with Crippen LogP contribution in [0.4, 0.5) is 15.9 Å². The van der Waals surface area contributed by atoms with Gasteiger partial charge in [0.05, 0.1) is 11.3 Å². The lowest BCUT2D eigenvalue weighted by atomic mass is 9.76. The minimum absolute atomic E-state index is 0.0171. The number of nitrogens with zero attached hydrogens (tertiary/aromatic N) is 5. The van der Waals surface area contributed by atoms with Gasteiger partial charge in [0.1, 0.15) is 23.9 Å². The molecular formula is C33H45FN6. The van der Waals surface area contributed by atoms with E-state index >= 15 is 0 Å². The third kappa shape index (κ3) is 4.76. The molecule has 2 N–H and O–H groups in total. The van der Waals surface area contributed by atoms with Crippen LogP contribution in [0.5, 0.6) is 0 Å². The van der Waals surface area contributed by atoms with Crippen molar-refractivity contribution >= 4 is 11.5 Å². The number of aromatic nitrogens is 2. The van der Waals surface area contributed by atoms with Crippen molar-refractivity contribution in [2.45, 2.75) is 121 Å². The van der Waals surface area contributed by atoms with Crippen LogP contribution in [-0.4, -0.2) is 52.3 Å². The Labute approximate surface area is 239 Å². The zero-order valence-corrected chi connectivity index (χ0v) is 24.6. The van der Waals surface area contributed by atoms with Crippen LogP contribution in [0, 0.1) is 11.3 Å². The summed E-state index contributed by atoms with van der Waals surface area (Å²) in [5, 5.41) is 10.1. The second-order valence-electron chi connectivity index (χ2n) is 13.0. The van der Waals surface area contributed by atoms with E-state index in [1.807, 2.05) is 6.07 Å². The van der Waals surface area contributed by atoms with Crippen LogP contribution in [0.1, 0.15) is 118 Å². The largest absolute Gasteiger partial charge is 0.398 e. The summed E-state index contributed by atoms with van der Waals surface area (Å²) < 4.78 is 14.5. The van der Waals surface area contributed by atoms with Crippen LogP contribution in [0.3, 0.4) is 0 Å². The van der Waals surface area contributed by atoms with Crippen molar-refractivity contribution in [3.05, 3.63) is 45.9 Å². The van der Waals surface area contributed by atoms with E-state index in [1.54, 1.807) is 0 Å². The Hall–Kier alpha value is -2.72. The Morgan fingerprint density at radius 1 is 1.23 bits per heavy atom. The fourth-order valence-corrected chi connectivity index (χ4v) is 8.31. The molecule has 1 aromatic carbocycles. The highest BCUT2D eigenvalue weighted by atomic mass is 19.1. The molecule has 4 heterocycles. The third-order valence-electron chi connectivity index (χ3n) is 10.7.